The minimum absolute atomic E-state index is 0.0554. The first-order chi connectivity index (χ1) is 12.4. The molecule has 1 N–H and O–H groups in total. The van der Waals surface area contributed by atoms with Crippen molar-refractivity contribution in [1.82, 2.24) is 4.98 Å². The van der Waals surface area contributed by atoms with E-state index >= 15 is 0 Å². The molecule has 5 nitrogen and oxygen atoms in total. The van der Waals surface area contributed by atoms with Crippen LogP contribution in [0.1, 0.15) is 12.8 Å². The number of rotatable bonds is 7. The van der Waals surface area contributed by atoms with E-state index in [0.717, 1.165) is 22.7 Å². The van der Waals surface area contributed by atoms with Crippen LogP contribution in [0.4, 0.5) is 9.52 Å². The Labute approximate surface area is 158 Å². The third-order valence-corrected chi connectivity index (χ3v) is 6.98. The number of nitrogens with zero attached hydrogens (tertiary/aromatic N) is 1. The van der Waals surface area contributed by atoms with Crippen molar-refractivity contribution in [1.29, 1.82) is 0 Å². The summed E-state index contributed by atoms with van der Waals surface area (Å²) in [6.07, 6.45) is 0.239. The average molecular weight is 411 g/mol. The van der Waals surface area contributed by atoms with Crippen molar-refractivity contribution in [3.63, 3.8) is 0 Å². The highest BCUT2D eigenvalue weighted by molar-refractivity contribution is 7.91. The number of nitrogens with one attached hydrogen (secondary N) is 1. The van der Waals surface area contributed by atoms with Gasteiger partial charge in [-0.1, -0.05) is 6.07 Å². The monoisotopic (exact) mass is 410 g/mol. The second-order valence-electron chi connectivity index (χ2n) is 5.44. The van der Waals surface area contributed by atoms with Gasteiger partial charge < -0.3 is 5.32 Å². The van der Waals surface area contributed by atoms with Crippen LogP contribution in [-0.2, 0) is 14.6 Å². The summed E-state index contributed by atoms with van der Waals surface area (Å²) in [6.45, 7) is 0. The Morgan fingerprint density at radius 1 is 1.15 bits per heavy atom. The van der Waals surface area contributed by atoms with Gasteiger partial charge in [0.25, 0.3) is 0 Å². The van der Waals surface area contributed by atoms with Crippen molar-refractivity contribution in [2.45, 2.75) is 17.7 Å². The molecule has 1 aromatic carbocycles. The van der Waals surface area contributed by atoms with E-state index in [-0.39, 0.29) is 29.4 Å². The zero-order valence-electron chi connectivity index (χ0n) is 13.5. The van der Waals surface area contributed by atoms with Crippen LogP contribution in [0.3, 0.4) is 0 Å². The molecule has 0 saturated heterocycles. The summed E-state index contributed by atoms with van der Waals surface area (Å²) in [5.74, 6) is -0.954. The first-order valence-corrected chi connectivity index (χ1v) is 11.1. The molecule has 2 heterocycles. The quantitative estimate of drug-likeness (QED) is 0.592. The minimum atomic E-state index is -3.53. The topological polar surface area (TPSA) is 76.1 Å². The van der Waals surface area contributed by atoms with Crippen molar-refractivity contribution in [3.05, 3.63) is 53.0 Å². The van der Waals surface area contributed by atoms with Crippen LogP contribution in [0.2, 0.25) is 0 Å². The van der Waals surface area contributed by atoms with E-state index in [2.05, 4.69) is 10.3 Å². The first kappa shape index (κ1) is 18.7. The number of carbonyl (C=O) groups is 1. The number of thiophene rings is 1. The molecule has 0 aliphatic carbocycles. The molecular formula is C17H15FN2O3S3. The lowest BCUT2D eigenvalue weighted by Gasteiger charge is -2.05. The van der Waals surface area contributed by atoms with Crippen LogP contribution in [0, 0.1) is 5.82 Å². The van der Waals surface area contributed by atoms with E-state index in [0.29, 0.717) is 5.13 Å². The Hall–Kier alpha value is -2.10. The van der Waals surface area contributed by atoms with E-state index < -0.39 is 15.7 Å². The Kier molecular flexibility index (Phi) is 5.80. The van der Waals surface area contributed by atoms with E-state index in [1.54, 1.807) is 11.3 Å². The first-order valence-electron chi connectivity index (χ1n) is 7.72. The number of carbonyl (C=O) groups excluding carboxylic acids is 1. The summed E-state index contributed by atoms with van der Waals surface area (Å²) in [4.78, 5) is 17.4. The number of hydrogen-bond donors (Lipinski definition) is 1. The fourth-order valence-electron chi connectivity index (χ4n) is 2.23. The van der Waals surface area contributed by atoms with Gasteiger partial charge in [0.2, 0.25) is 5.91 Å². The number of aromatic nitrogens is 1. The van der Waals surface area contributed by atoms with Crippen LogP contribution < -0.4 is 5.32 Å². The third-order valence-electron chi connectivity index (χ3n) is 3.51. The molecule has 0 radical (unpaired) electrons. The molecule has 3 aromatic rings. The molecule has 0 bridgehead atoms. The van der Waals surface area contributed by atoms with Gasteiger partial charge in [-0.2, -0.15) is 0 Å². The maximum absolute atomic E-state index is 12.9. The van der Waals surface area contributed by atoms with Gasteiger partial charge in [0.1, 0.15) is 5.82 Å². The van der Waals surface area contributed by atoms with E-state index in [9.17, 15) is 17.6 Å². The molecule has 0 atom stereocenters. The molecule has 26 heavy (non-hydrogen) atoms. The number of amides is 1. The van der Waals surface area contributed by atoms with Gasteiger partial charge in [0.15, 0.2) is 15.0 Å². The normalized spacial score (nSPS) is 11.4. The lowest BCUT2D eigenvalue weighted by molar-refractivity contribution is -0.116. The van der Waals surface area contributed by atoms with E-state index in [1.807, 2.05) is 22.9 Å². The standard InChI is InChI=1S/C17H15FN2O3S3/c18-12-5-7-13(8-6-12)26(22,23)10-2-4-16(21)20-17-19-14(11-25-17)15-3-1-9-24-15/h1,3,5-9,11H,2,4,10H2,(H,19,20,21). The van der Waals surface area contributed by atoms with Gasteiger partial charge in [-0.25, -0.2) is 17.8 Å². The van der Waals surface area contributed by atoms with Crippen molar-refractivity contribution in [2.75, 3.05) is 11.1 Å². The van der Waals surface area contributed by atoms with Gasteiger partial charge in [-0.05, 0) is 42.1 Å². The molecule has 3 rings (SSSR count). The predicted molar refractivity (Wildman–Crippen MR) is 102 cm³/mol. The molecule has 0 fully saturated rings. The number of thiazole rings is 1. The van der Waals surface area contributed by atoms with Crippen molar-refractivity contribution in [2.24, 2.45) is 0 Å². The summed E-state index contributed by atoms with van der Waals surface area (Å²) in [5.41, 5.74) is 0.805. The molecule has 0 aliphatic rings. The Morgan fingerprint density at radius 3 is 2.62 bits per heavy atom. The molecule has 9 heteroatoms. The van der Waals surface area contributed by atoms with Crippen LogP contribution in [0.5, 0.6) is 0 Å². The molecule has 0 spiro atoms. The molecule has 136 valence electrons. The highest BCUT2D eigenvalue weighted by Crippen LogP contribution is 2.28. The van der Waals surface area contributed by atoms with Gasteiger partial charge in [0, 0.05) is 11.8 Å². The summed E-state index contributed by atoms with van der Waals surface area (Å²) in [7, 11) is -3.53. The molecule has 0 saturated carbocycles. The van der Waals surface area contributed by atoms with Crippen LogP contribution >= 0.6 is 22.7 Å². The van der Waals surface area contributed by atoms with Crippen molar-refractivity contribution < 1.29 is 17.6 Å². The van der Waals surface area contributed by atoms with Gasteiger partial charge in [0.05, 0.1) is 21.2 Å². The van der Waals surface area contributed by atoms with E-state index in [4.69, 9.17) is 0 Å². The lowest BCUT2D eigenvalue weighted by Crippen LogP contribution is -2.14. The van der Waals surface area contributed by atoms with Crippen LogP contribution in [-0.4, -0.2) is 25.1 Å². The Balaban J connectivity index is 1.50. The van der Waals surface area contributed by atoms with Crippen molar-refractivity contribution >= 4 is 43.5 Å². The van der Waals surface area contributed by atoms with Gasteiger partial charge >= 0.3 is 0 Å². The Morgan fingerprint density at radius 2 is 1.92 bits per heavy atom. The highest BCUT2D eigenvalue weighted by atomic mass is 32.2. The number of hydrogen-bond acceptors (Lipinski definition) is 6. The molecule has 0 unspecified atom stereocenters. The highest BCUT2D eigenvalue weighted by Gasteiger charge is 2.15. The number of sulfone groups is 1. The summed E-state index contributed by atoms with van der Waals surface area (Å²) >= 11 is 2.89. The second kappa shape index (κ2) is 8.07. The maximum Gasteiger partial charge on any atom is 0.226 e. The maximum atomic E-state index is 12.9. The van der Waals surface area contributed by atoms with Crippen molar-refractivity contribution in [3.8, 4) is 10.6 Å². The fourth-order valence-corrected chi connectivity index (χ4v) is 5.03. The predicted octanol–water partition coefficient (Wildman–Crippen LogP) is 4.20. The molecule has 2 aromatic heterocycles. The largest absolute Gasteiger partial charge is 0.302 e. The third kappa shape index (κ3) is 4.75. The summed E-state index contributed by atoms with van der Waals surface area (Å²) < 4.78 is 37.2. The SMILES string of the molecule is O=C(CCCS(=O)(=O)c1ccc(F)cc1)Nc1nc(-c2cccs2)cs1. The van der Waals surface area contributed by atoms with Crippen LogP contribution in [0.25, 0.3) is 10.6 Å². The molecule has 0 aliphatic heterocycles. The lowest BCUT2D eigenvalue weighted by atomic mass is 10.3. The molecular weight excluding hydrogens is 395 g/mol. The average Bonchev–Trinajstić information content (AvgIpc) is 3.26. The number of halogens is 1. The van der Waals surface area contributed by atoms with Gasteiger partial charge in [-0.15, -0.1) is 22.7 Å². The number of anilines is 1. The molecule has 1 amide bonds. The summed E-state index contributed by atoms with van der Waals surface area (Å²) in [6, 6.07) is 8.55. The fraction of sp³-hybridized carbons (Fsp3) is 0.176. The van der Waals surface area contributed by atoms with Crippen LogP contribution in [0.15, 0.2) is 52.1 Å². The zero-order valence-corrected chi connectivity index (χ0v) is 16.0. The summed E-state index contributed by atoms with van der Waals surface area (Å²) in [5, 5.41) is 6.99. The Bertz CT molecular complexity index is 981. The minimum Gasteiger partial charge on any atom is -0.302 e. The second-order valence-corrected chi connectivity index (χ2v) is 9.35. The zero-order chi connectivity index (χ0) is 18.6. The number of benzene rings is 1. The van der Waals surface area contributed by atoms with Gasteiger partial charge in [-0.3, -0.25) is 4.79 Å². The van der Waals surface area contributed by atoms with E-state index in [1.165, 1.54) is 23.5 Å². The smallest absolute Gasteiger partial charge is 0.226 e.